The number of aromatic nitrogens is 2. The van der Waals surface area contributed by atoms with Gasteiger partial charge in [-0.1, -0.05) is 37.5 Å². The molecule has 1 saturated carbocycles. The molecule has 2 aliphatic rings. The van der Waals surface area contributed by atoms with Gasteiger partial charge in [0.25, 0.3) is 0 Å². The minimum atomic E-state index is 0.569. The van der Waals surface area contributed by atoms with Gasteiger partial charge in [-0.25, -0.2) is 9.97 Å². The van der Waals surface area contributed by atoms with E-state index in [2.05, 4.69) is 23.2 Å². The Morgan fingerprint density at radius 3 is 2.84 bits per heavy atom. The molecule has 0 atom stereocenters. The lowest BCUT2D eigenvalue weighted by molar-refractivity contribution is 0.242. The van der Waals surface area contributed by atoms with Crippen LogP contribution in [-0.4, -0.2) is 21.4 Å². The summed E-state index contributed by atoms with van der Waals surface area (Å²) >= 11 is 0. The molecule has 4 nitrogen and oxygen atoms in total. The molecule has 0 radical (unpaired) electrons. The van der Waals surface area contributed by atoms with Gasteiger partial charge in [0.2, 0.25) is 0 Å². The summed E-state index contributed by atoms with van der Waals surface area (Å²) in [5.41, 5.74) is 4.37. The second-order valence-corrected chi connectivity index (χ2v) is 7.26. The number of fused-ring (bicyclic) bond motifs is 1. The average molecular weight is 332 g/mol. The van der Waals surface area contributed by atoms with Crippen LogP contribution in [0.2, 0.25) is 0 Å². The molecule has 4 rings (SSSR count). The highest BCUT2D eigenvalue weighted by Crippen LogP contribution is 2.31. The number of benzene rings is 1. The van der Waals surface area contributed by atoms with E-state index in [1.54, 1.807) is 0 Å². The molecule has 1 aliphatic carbocycles. The van der Waals surface area contributed by atoms with E-state index in [4.69, 9.17) is 9.97 Å². The van der Waals surface area contributed by atoms with Crippen molar-refractivity contribution in [1.82, 2.24) is 14.9 Å². The van der Waals surface area contributed by atoms with Crippen molar-refractivity contribution in [1.29, 1.82) is 5.26 Å². The maximum atomic E-state index is 9.27. The van der Waals surface area contributed by atoms with Crippen molar-refractivity contribution in [3.63, 3.8) is 0 Å². The zero-order chi connectivity index (χ0) is 17.1. The van der Waals surface area contributed by atoms with Crippen molar-refractivity contribution < 1.29 is 0 Å². The molecule has 4 heteroatoms. The molecule has 1 aromatic heterocycles. The summed E-state index contributed by atoms with van der Waals surface area (Å²) < 4.78 is 0. The lowest BCUT2D eigenvalue weighted by Gasteiger charge is -2.29. The van der Waals surface area contributed by atoms with Crippen LogP contribution in [0.4, 0.5) is 0 Å². The van der Waals surface area contributed by atoms with Crippen LogP contribution >= 0.6 is 0 Å². The summed E-state index contributed by atoms with van der Waals surface area (Å²) in [6, 6.07) is 10.2. The standard InChI is InChI=1S/C21H24N4/c22-12-17-8-4-5-9-18(17)14-25-11-10-20-19(15-25)13-23-21(24-20)16-6-2-1-3-7-16/h4-5,8-9,13,16H,1-3,6-7,10-11,14-15H2. The molecule has 2 aromatic rings. The molecule has 1 aromatic carbocycles. The van der Waals surface area contributed by atoms with E-state index in [0.717, 1.165) is 43.0 Å². The maximum absolute atomic E-state index is 9.27. The lowest BCUT2D eigenvalue weighted by atomic mass is 9.88. The normalized spacial score (nSPS) is 18.5. The van der Waals surface area contributed by atoms with Gasteiger partial charge >= 0.3 is 0 Å². The Bertz CT molecular complexity index is 787. The van der Waals surface area contributed by atoms with Crippen molar-refractivity contribution in [3.8, 4) is 6.07 Å². The second kappa shape index (κ2) is 7.33. The quantitative estimate of drug-likeness (QED) is 0.854. The molecule has 0 N–H and O–H groups in total. The molecule has 0 bridgehead atoms. The Morgan fingerprint density at radius 2 is 2.00 bits per heavy atom. The Morgan fingerprint density at radius 1 is 1.16 bits per heavy atom. The van der Waals surface area contributed by atoms with E-state index < -0.39 is 0 Å². The number of hydrogen-bond acceptors (Lipinski definition) is 4. The Balaban J connectivity index is 1.47. The molecule has 0 amide bonds. The fraction of sp³-hybridized carbons (Fsp3) is 0.476. The molecule has 128 valence electrons. The van der Waals surface area contributed by atoms with Crippen LogP contribution in [0.3, 0.4) is 0 Å². The number of nitriles is 1. The van der Waals surface area contributed by atoms with Crippen LogP contribution in [0.1, 0.15) is 66.2 Å². The number of nitrogens with zero attached hydrogens (tertiary/aromatic N) is 4. The number of hydrogen-bond donors (Lipinski definition) is 0. The van der Waals surface area contributed by atoms with Gasteiger partial charge in [-0.05, 0) is 24.5 Å². The molecular formula is C21H24N4. The minimum absolute atomic E-state index is 0.569. The Hall–Kier alpha value is -2.25. The predicted octanol–water partition coefficient (Wildman–Crippen LogP) is 3.95. The average Bonchev–Trinajstić information content (AvgIpc) is 2.68. The molecule has 1 aliphatic heterocycles. The van der Waals surface area contributed by atoms with Crippen molar-refractivity contribution in [2.45, 2.75) is 57.5 Å². The van der Waals surface area contributed by atoms with Crippen molar-refractivity contribution in [2.24, 2.45) is 0 Å². The topological polar surface area (TPSA) is 52.8 Å². The zero-order valence-electron chi connectivity index (χ0n) is 14.6. The van der Waals surface area contributed by atoms with E-state index in [1.165, 1.54) is 43.4 Å². The van der Waals surface area contributed by atoms with E-state index >= 15 is 0 Å². The third kappa shape index (κ3) is 3.57. The van der Waals surface area contributed by atoms with Gasteiger partial charge < -0.3 is 0 Å². The van der Waals surface area contributed by atoms with Crippen molar-refractivity contribution in [2.75, 3.05) is 6.54 Å². The lowest BCUT2D eigenvalue weighted by Crippen LogP contribution is -2.31. The van der Waals surface area contributed by atoms with Crippen LogP contribution in [0, 0.1) is 11.3 Å². The van der Waals surface area contributed by atoms with Gasteiger partial charge in [0.15, 0.2) is 0 Å². The molecule has 2 heterocycles. The van der Waals surface area contributed by atoms with Gasteiger partial charge in [-0.15, -0.1) is 0 Å². The zero-order valence-corrected chi connectivity index (χ0v) is 14.6. The van der Waals surface area contributed by atoms with Gasteiger partial charge in [0, 0.05) is 49.4 Å². The fourth-order valence-corrected chi connectivity index (χ4v) is 4.09. The summed E-state index contributed by atoms with van der Waals surface area (Å²) in [4.78, 5) is 12.0. The summed E-state index contributed by atoms with van der Waals surface area (Å²) in [5.74, 6) is 1.64. The molecule has 0 unspecified atom stereocenters. The van der Waals surface area contributed by atoms with Gasteiger partial charge in [-0.3, -0.25) is 4.90 Å². The van der Waals surface area contributed by atoms with Gasteiger partial charge in [0.1, 0.15) is 5.82 Å². The highest BCUT2D eigenvalue weighted by Gasteiger charge is 2.23. The third-order valence-corrected chi connectivity index (χ3v) is 5.53. The van der Waals surface area contributed by atoms with Crippen LogP contribution in [0.25, 0.3) is 0 Å². The Kier molecular flexibility index (Phi) is 4.76. The first-order valence-corrected chi connectivity index (χ1v) is 9.38. The van der Waals surface area contributed by atoms with Crippen LogP contribution in [-0.2, 0) is 19.5 Å². The molecule has 1 fully saturated rings. The minimum Gasteiger partial charge on any atom is -0.294 e. The van der Waals surface area contributed by atoms with Crippen LogP contribution in [0.5, 0.6) is 0 Å². The third-order valence-electron chi connectivity index (χ3n) is 5.53. The SMILES string of the molecule is N#Cc1ccccc1CN1CCc2nc(C3CCCCC3)ncc2C1. The summed E-state index contributed by atoms with van der Waals surface area (Å²) in [6.07, 6.45) is 9.52. The van der Waals surface area contributed by atoms with Gasteiger partial charge in [-0.2, -0.15) is 5.26 Å². The Labute approximate surface area is 149 Å². The second-order valence-electron chi connectivity index (χ2n) is 7.26. The highest BCUT2D eigenvalue weighted by atomic mass is 15.1. The fourth-order valence-electron chi connectivity index (χ4n) is 4.09. The van der Waals surface area contributed by atoms with E-state index in [-0.39, 0.29) is 0 Å². The van der Waals surface area contributed by atoms with Gasteiger partial charge in [0.05, 0.1) is 11.6 Å². The molecule has 25 heavy (non-hydrogen) atoms. The summed E-state index contributed by atoms with van der Waals surface area (Å²) in [6.45, 7) is 2.68. The van der Waals surface area contributed by atoms with Crippen LogP contribution in [0.15, 0.2) is 30.5 Å². The first kappa shape index (κ1) is 16.2. The largest absolute Gasteiger partial charge is 0.294 e. The van der Waals surface area contributed by atoms with E-state index in [0.29, 0.717) is 5.92 Å². The van der Waals surface area contributed by atoms with E-state index in [9.17, 15) is 5.26 Å². The summed E-state index contributed by atoms with van der Waals surface area (Å²) in [5, 5.41) is 9.27. The molecule has 0 spiro atoms. The smallest absolute Gasteiger partial charge is 0.131 e. The number of rotatable bonds is 3. The first-order valence-electron chi connectivity index (χ1n) is 9.38. The predicted molar refractivity (Wildman–Crippen MR) is 96.8 cm³/mol. The monoisotopic (exact) mass is 332 g/mol. The van der Waals surface area contributed by atoms with E-state index in [1.807, 2.05) is 18.2 Å². The highest BCUT2D eigenvalue weighted by molar-refractivity contribution is 5.37. The van der Waals surface area contributed by atoms with Crippen molar-refractivity contribution >= 4 is 0 Å². The summed E-state index contributed by atoms with van der Waals surface area (Å²) in [7, 11) is 0. The molecule has 0 saturated heterocycles. The van der Waals surface area contributed by atoms with Crippen molar-refractivity contribution in [3.05, 3.63) is 58.7 Å². The first-order chi connectivity index (χ1) is 12.3. The van der Waals surface area contributed by atoms with Crippen LogP contribution < -0.4 is 0 Å². The molecular weight excluding hydrogens is 308 g/mol. The maximum Gasteiger partial charge on any atom is 0.131 e.